The molecule has 0 aliphatic carbocycles. The number of ether oxygens (including phenoxy) is 1. The first kappa shape index (κ1) is 21.0. The average molecular weight is 434 g/mol. The van der Waals surface area contributed by atoms with Crippen LogP contribution in [0.2, 0.25) is 0 Å². The van der Waals surface area contributed by atoms with Crippen molar-refractivity contribution in [2.45, 2.75) is 13.0 Å². The lowest BCUT2D eigenvalue weighted by atomic mass is 9.95. The summed E-state index contributed by atoms with van der Waals surface area (Å²) in [4.78, 5) is 27.1. The quantitative estimate of drug-likeness (QED) is 0.269. The average Bonchev–Trinajstić information content (AvgIpc) is 3.33. The molecular weight excluding hydrogens is 415 g/mol. The number of aliphatic hydroxyl groups is 1. The summed E-state index contributed by atoms with van der Waals surface area (Å²) in [6, 6.07) is 12.2. The summed E-state index contributed by atoms with van der Waals surface area (Å²) in [5.41, 5.74) is 0.609. The summed E-state index contributed by atoms with van der Waals surface area (Å²) in [5, 5.41) is 14.9. The van der Waals surface area contributed by atoms with Crippen LogP contribution in [0.25, 0.3) is 5.76 Å². The van der Waals surface area contributed by atoms with Gasteiger partial charge in [0.25, 0.3) is 5.78 Å². The number of aliphatic hydroxyl groups excluding tert-OH is 1. The van der Waals surface area contributed by atoms with E-state index in [9.17, 15) is 19.1 Å². The van der Waals surface area contributed by atoms with Gasteiger partial charge in [-0.2, -0.15) is 0 Å². The van der Waals surface area contributed by atoms with Crippen molar-refractivity contribution < 1.29 is 28.3 Å². The lowest BCUT2D eigenvalue weighted by Gasteiger charge is -2.22. The van der Waals surface area contributed by atoms with E-state index in [4.69, 9.17) is 9.26 Å². The molecule has 2 heterocycles. The van der Waals surface area contributed by atoms with E-state index >= 15 is 0 Å². The normalized spacial score (nSPS) is 17.6. The van der Waals surface area contributed by atoms with E-state index in [-0.39, 0.29) is 17.2 Å². The van der Waals surface area contributed by atoms with Gasteiger partial charge >= 0.3 is 5.91 Å². The van der Waals surface area contributed by atoms with Crippen LogP contribution in [0, 0.1) is 12.7 Å². The highest BCUT2D eigenvalue weighted by molar-refractivity contribution is 6.51. The van der Waals surface area contributed by atoms with Gasteiger partial charge in [0.2, 0.25) is 0 Å². The largest absolute Gasteiger partial charge is 0.507 e. The van der Waals surface area contributed by atoms with Crippen molar-refractivity contribution in [1.29, 1.82) is 0 Å². The molecule has 1 saturated heterocycles. The molecule has 1 aromatic heterocycles. The zero-order valence-corrected chi connectivity index (χ0v) is 17.1. The van der Waals surface area contributed by atoms with Crippen molar-refractivity contribution in [1.82, 2.24) is 5.16 Å². The van der Waals surface area contributed by atoms with Crippen LogP contribution < -0.4 is 9.64 Å². The molecule has 0 bridgehead atoms. The number of benzene rings is 2. The predicted octanol–water partition coefficient (Wildman–Crippen LogP) is 4.31. The lowest BCUT2D eigenvalue weighted by Crippen LogP contribution is -2.29. The zero-order chi connectivity index (χ0) is 22.8. The van der Waals surface area contributed by atoms with Gasteiger partial charge in [0.05, 0.1) is 11.6 Å². The number of carbonyl (C=O) groups is 2. The summed E-state index contributed by atoms with van der Waals surface area (Å²) < 4.78 is 24.1. The van der Waals surface area contributed by atoms with Gasteiger partial charge in [0.1, 0.15) is 29.7 Å². The summed E-state index contributed by atoms with van der Waals surface area (Å²) >= 11 is 0. The molecule has 1 fully saturated rings. The molecule has 2 aromatic carbocycles. The topological polar surface area (TPSA) is 92.9 Å². The monoisotopic (exact) mass is 434 g/mol. The fourth-order valence-electron chi connectivity index (χ4n) is 3.52. The van der Waals surface area contributed by atoms with Crippen LogP contribution in [0.1, 0.15) is 22.9 Å². The highest BCUT2D eigenvalue weighted by atomic mass is 19.1. The number of aryl methyl sites for hydroxylation is 1. The van der Waals surface area contributed by atoms with Gasteiger partial charge in [-0.25, -0.2) is 4.39 Å². The number of rotatable bonds is 6. The third kappa shape index (κ3) is 3.78. The third-order valence-electron chi connectivity index (χ3n) is 4.99. The van der Waals surface area contributed by atoms with Crippen molar-refractivity contribution in [3.63, 3.8) is 0 Å². The highest BCUT2D eigenvalue weighted by Gasteiger charge is 2.48. The van der Waals surface area contributed by atoms with E-state index in [1.807, 2.05) is 0 Å². The van der Waals surface area contributed by atoms with E-state index in [1.54, 1.807) is 37.3 Å². The minimum atomic E-state index is -1.02. The van der Waals surface area contributed by atoms with Crippen LogP contribution in [-0.4, -0.2) is 28.6 Å². The van der Waals surface area contributed by atoms with Gasteiger partial charge in [-0.1, -0.05) is 29.9 Å². The molecule has 1 N–H and O–H groups in total. The molecule has 1 aliphatic rings. The Bertz CT molecular complexity index is 1210. The highest BCUT2D eigenvalue weighted by Crippen LogP contribution is 2.42. The molecule has 0 spiro atoms. The van der Waals surface area contributed by atoms with Gasteiger partial charge in [-0.05, 0) is 48.9 Å². The Balaban J connectivity index is 1.84. The number of Topliss-reactive ketones (excluding diaryl/α,β-unsaturated/α-hetero) is 1. The first-order valence-corrected chi connectivity index (χ1v) is 9.74. The number of carbonyl (C=O) groups excluding carboxylic acids is 2. The van der Waals surface area contributed by atoms with Crippen LogP contribution in [-0.2, 0) is 9.59 Å². The maximum absolute atomic E-state index is 13.5. The number of halogens is 1. The number of hydrogen-bond donors (Lipinski definition) is 1. The van der Waals surface area contributed by atoms with Crippen molar-refractivity contribution in [2.75, 3.05) is 11.5 Å². The molecule has 32 heavy (non-hydrogen) atoms. The first-order chi connectivity index (χ1) is 15.4. The summed E-state index contributed by atoms with van der Waals surface area (Å²) in [7, 11) is 0. The molecule has 4 rings (SSSR count). The molecule has 0 saturated carbocycles. The fourth-order valence-corrected chi connectivity index (χ4v) is 3.52. The second kappa shape index (κ2) is 8.50. The SMILES string of the molecule is C=CCOc1ccc(/C(O)=C2\C(=O)C(=O)N(c3cc(C)on3)[C@H]2c2ccc(F)cc2)cc1. The minimum Gasteiger partial charge on any atom is -0.507 e. The van der Waals surface area contributed by atoms with Crippen molar-refractivity contribution in [3.8, 4) is 5.75 Å². The molecule has 162 valence electrons. The van der Waals surface area contributed by atoms with E-state index in [2.05, 4.69) is 11.7 Å². The predicted molar refractivity (Wildman–Crippen MR) is 115 cm³/mol. The Morgan fingerprint density at radius 1 is 1.22 bits per heavy atom. The van der Waals surface area contributed by atoms with Crippen LogP contribution in [0.4, 0.5) is 10.2 Å². The summed E-state index contributed by atoms with van der Waals surface area (Å²) in [5.74, 6) is -1.49. The van der Waals surface area contributed by atoms with Crippen molar-refractivity contribution in [3.05, 3.63) is 95.5 Å². The van der Waals surface area contributed by atoms with Crippen molar-refractivity contribution >= 4 is 23.3 Å². The van der Waals surface area contributed by atoms with Gasteiger partial charge in [-0.15, -0.1) is 0 Å². The van der Waals surface area contributed by atoms with E-state index in [1.165, 1.54) is 30.3 Å². The van der Waals surface area contributed by atoms with Gasteiger partial charge in [0.15, 0.2) is 5.82 Å². The van der Waals surface area contributed by atoms with Gasteiger partial charge in [0, 0.05) is 11.6 Å². The number of nitrogens with zero attached hydrogens (tertiary/aromatic N) is 2. The second-order valence-electron chi connectivity index (χ2n) is 7.14. The summed E-state index contributed by atoms with van der Waals surface area (Å²) in [6.07, 6.45) is 1.60. The third-order valence-corrected chi connectivity index (χ3v) is 4.99. The van der Waals surface area contributed by atoms with Crippen LogP contribution >= 0.6 is 0 Å². The van der Waals surface area contributed by atoms with Crippen LogP contribution in [0.3, 0.4) is 0 Å². The molecular formula is C24H19FN2O5. The van der Waals surface area contributed by atoms with Gasteiger partial charge < -0.3 is 14.4 Å². The first-order valence-electron chi connectivity index (χ1n) is 9.74. The maximum Gasteiger partial charge on any atom is 0.301 e. The number of ketones is 1. The molecule has 1 atom stereocenters. The van der Waals surface area contributed by atoms with E-state index < -0.39 is 23.5 Å². The molecule has 8 heteroatoms. The molecule has 1 amide bonds. The summed E-state index contributed by atoms with van der Waals surface area (Å²) in [6.45, 7) is 5.55. The van der Waals surface area contributed by atoms with E-state index in [0.717, 1.165) is 4.90 Å². The number of anilines is 1. The molecule has 3 aromatic rings. The Kier molecular flexibility index (Phi) is 5.59. The van der Waals surface area contributed by atoms with E-state index in [0.29, 0.717) is 29.2 Å². The van der Waals surface area contributed by atoms with Gasteiger partial charge in [-0.3, -0.25) is 14.5 Å². The Labute approximate surface area is 183 Å². The fraction of sp³-hybridized carbons (Fsp3) is 0.125. The van der Waals surface area contributed by atoms with Crippen molar-refractivity contribution in [2.24, 2.45) is 0 Å². The smallest absolute Gasteiger partial charge is 0.301 e. The molecule has 0 radical (unpaired) electrons. The zero-order valence-electron chi connectivity index (χ0n) is 17.1. The molecule has 0 unspecified atom stereocenters. The number of hydrogen-bond acceptors (Lipinski definition) is 6. The Hall–Kier alpha value is -4.20. The Morgan fingerprint density at radius 2 is 1.91 bits per heavy atom. The number of aromatic nitrogens is 1. The molecule has 7 nitrogen and oxygen atoms in total. The maximum atomic E-state index is 13.5. The standard InChI is InChI=1S/C24H19FN2O5/c1-3-12-31-18-10-6-16(7-11-18)22(28)20-21(15-4-8-17(25)9-5-15)27(24(30)23(20)29)19-13-14(2)32-26-19/h3-11,13,21,28H,1,12H2,2H3/b22-20+/t21-/m0/s1. The molecule has 1 aliphatic heterocycles. The minimum absolute atomic E-state index is 0.117. The van der Waals surface area contributed by atoms with Crippen LogP contribution in [0.5, 0.6) is 5.75 Å². The van der Waals surface area contributed by atoms with Crippen LogP contribution in [0.15, 0.2) is 77.3 Å². The number of amides is 1. The lowest BCUT2D eigenvalue weighted by molar-refractivity contribution is -0.132. The second-order valence-corrected chi connectivity index (χ2v) is 7.14. The Morgan fingerprint density at radius 3 is 2.50 bits per heavy atom.